The standard InChI is InChI=1S/C14H39N3OSi4/c1-19(2,3)22(20(4,5)6,21(7,8)9)17(14(15)16)12-10-11-13-18/h18H,10-13H2,1-9H3,(H3,15,16). The SMILES string of the molecule is C[Si](C)(C)[Si](N(CCCCO)C(=N)N)([Si](C)(C)C)[Si](C)(C)C. The van der Waals surface area contributed by atoms with Gasteiger partial charge in [0.1, 0.15) is 6.79 Å². The molecule has 0 unspecified atom stereocenters. The van der Waals surface area contributed by atoms with E-state index in [4.69, 9.17) is 16.2 Å². The summed E-state index contributed by atoms with van der Waals surface area (Å²) in [6.45, 7) is 21.9. The number of hydrogen-bond acceptors (Lipinski definition) is 2. The van der Waals surface area contributed by atoms with Crippen molar-refractivity contribution in [3.05, 3.63) is 0 Å². The summed E-state index contributed by atoms with van der Waals surface area (Å²) < 4.78 is 2.41. The number of rotatable bonds is 8. The summed E-state index contributed by atoms with van der Waals surface area (Å²) in [6, 6.07) is 0. The second kappa shape index (κ2) is 7.33. The summed E-state index contributed by atoms with van der Waals surface area (Å²) in [5.41, 5.74) is 6.14. The first-order chi connectivity index (χ1) is 9.64. The van der Waals surface area contributed by atoms with E-state index in [1.54, 1.807) is 0 Å². The molecule has 22 heavy (non-hydrogen) atoms. The second-order valence-electron chi connectivity index (χ2n) is 9.43. The summed E-state index contributed by atoms with van der Waals surface area (Å²) in [5, 5.41) is 17.5. The molecule has 0 saturated carbocycles. The van der Waals surface area contributed by atoms with Crippen molar-refractivity contribution in [2.24, 2.45) is 5.73 Å². The third kappa shape index (κ3) is 4.14. The van der Waals surface area contributed by atoms with Gasteiger partial charge in [-0.15, -0.1) is 0 Å². The molecule has 0 aromatic rings. The third-order valence-corrected chi connectivity index (χ3v) is 75.0. The Morgan fingerprint density at radius 3 is 1.45 bits per heavy atom. The minimum absolute atomic E-state index is 0.229. The minimum Gasteiger partial charge on any atom is -0.396 e. The Morgan fingerprint density at radius 2 is 1.23 bits per heavy atom. The highest BCUT2D eigenvalue weighted by molar-refractivity contribution is 7.88. The molecule has 0 aromatic heterocycles. The van der Waals surface area contributed by atoms with Gasteiger partial charge in [-0.25, -0.2) is 0 Å². The molecule has 0 spiro atoms. The molecular weight excluding hydrogens is 339 g/mol. The van der Waals surface area contributed by atoms with Crippen LogP contribution in [-0.4, -0.2) is 58.3 Å². The highest BCUT2D eigenvalue weighted by Crippen LogP contribution is 2.39. The first-order valence-electron chi connectivity index (χ1n) is 8.37. The number of nitrogens with one attached hydrogen (secondary N) is 1. The third-order valence-electron chi connectivity index (χ3n) is 4.74. The van der Waals surface area contributed by atoms with E-state index < -0.39 is 29.6 Å². The van der Waals surface area contributed by atoms with Crippen LogP contribution in [0.1, 0.15) is 12.8 Å². The van der Waals surface area contributed by atoms with Crippen molar-refractivity contribution < 1.29 is 5.11 Å². The van der Waals surface area contributed by atoms with Crippen molar-refractivity contribution in [3.8, 4) is 0 Å². The smallest absolute Gasteiger partial charge is 0.179 e. The average Bonchev–Trinajstić information content (AvgIpc) is 2.21. The van der Waals surface area contributed by atoms with Crippen LogP contribution in [0.3, 0.4) is 0 Å². The summed E-state index contributed by atoms with van der Waals surface area (Å²) in [6.07, 6.45) is 1.74. The lowest BCUT2D eigenvalue weighted by Crippen LogP contribution is -2.91. The fraction of sp³-hybridized carbons (Fsp3) is 0.929. The summed E-state index contributed by atoms with van der Waals surface area (Å²) >= 11 is 0. The van der Waals surface area contributed by atoms with Crippen LogP contribution < -0.4 is 5.73 Å². The number of nitrogens with zero attached hydrogens (tertiary/aromatic N) is 1. The molecule has 0 aromatic carbocycles. The lowest BCUT2D eigenvalue weighted by molar-refractivity contribution is 0.281. The van der Waals surface area contributed by atoms with E-state index in [-0.39, 0.29) is 12.6 Å². The largest absolute Gasteiger partial charge is 0.396 e. The lowest BCUT2D eigenvalue weighted by atomic mass is 10.3. The molecule has 0 aliphatic rings. The number of unbranched alkanes of at least 4 members (excludes halogenated alkanes) is 1. The van der Waals surface area contributed by atoms with E-state index >= 15 is 0 Å². The maximum atomic E-state index is 9.13. The van der Waals surface area contributed by atoms with Crippen LogP contribution >= 0.6 is 0 Å². The van der Waals surface area contributed by atoms with Crippen LogP contribution in [0, 0.1) is 5.41 Å². The predicted octanol–water partition coefficient (Wildman–Crippen LogP) is 3.15. The summed E-state index contributed by atoms with van der Waals surface area (Å²) in [4.78, 5) is 0. The van der Waals surface area contributed by atoms with E-state index in [2.05, 4.69) is 63.5 Å². The quantitative estimate of drug-likeness (QED) is 0.263. The molecule has 0 amide bonds. The first kappa shape index (κ1) is 22.1. The molecule has 0 atom stereocenters. The van der Waals surface area contributed by atoms with Gasteiger partial charge in [-0.05, 0) is 12.8 Å². The fourth-order valence-corrected chi connectivity index (χ4v) is 106. The van der Waals surface area contributed by atoms with E-state index in [1.165, 1.54) is 0 Å². The maximum absolute atomic E-state index is 9.13. The second-order valence-corrected chi connectivity index (χ2v) is 49.4. The molecule has 0 rings (SSSR count). The van der Waals surface area contributed by atoms with Gasteiger partial charge in [0, 0.05) is 13.2 Å². The number of guanidine groups is 1. The fourth-order valence-electron chi connectivity index (χ4n) is 5.44. The van der Waals surface area contributed by atoms with Gasteiger partial charge in [-0.2, -0.15) is 0 Å². The molecule has 0 aliphatic carbocycles. The highest BCUT2D eigenvalue weighted by atomic mass is 29.9. The van der Waals surface area contributed by atoms with E-state index in [0.717, 1.165) is 19.4 Å². The molecule has 8 heteroatoms. The van der Waals surface area contributed by atoms with Crippen molar-refractivity contribution in [1.29, 1.82) is 5.41 Å². The van der Waals surface area contributed by atoms with E-state index in [0.29, 0.717) is 0 Å². The molecule has 0 aliphatic heterocycles. The van der Waals surface area contributed by atoms with E-state index in [1.807, 2.05) is 0 Å². The van der Waals surface area contributed by atoms with Crippen molar-refractivity contribution in [2.75, 3.05) is 13.2 Å². The molecule has 0 radical (unpaired) electrons. The normalized spacial score (nSPS) is 14.1. The van der Waals surface area contributed by atoms with Gasteiger partial charge in [-0.1, -0.05) is 58.9 Å². The molecule has 0 saturated heterocycles. The maximum Gasteiger partial charge on any atom is 0.179 e. The number of hydrogen-bond donors (Lipinski definition) is 3. The zero-order chi connectivity index (χ0) is 18.0. The van der Waals surface area contributed by atoms with Crippen LogP contribution in [-0.2, 0) is 0 Å². The van der Waals surface area contributed by atoms with Crippen LogP contribution in [0.25, 0.3) is 0 Å². The Morgan fingerprint density at radius 1 is 0.864 bits per heavy atom. The van der Waals surface area contributed by atoms with Gasteiger partial charge < -0.3 is 15.4 Å². The van der Waals surface area contributed by atoms with Gasteiger partial charge in [0.15, 0.2) is 5.96 Å². The van der Waals surface area contributed by atoms with Gasteiger partial charge in [0.2, 0.25) is 0 Å². The summed E-state index contributed by atoms with van der Waals surface area (Å²) in [7, 11) is -4.47. The Kier molecular flexibility index (Phi) is 7.36. The van der Waals surface area contributed by atoms with Crippen molar-refractivity contribution >= 4 is 35.5 Å². The molecule has 132 valence electrons. The molecule has 0 fully saturated rings. The first-order valence-corrected chi connectivity index (χ1v) is 23.8. The number of aliphatic hydroxyl groups is 1. The highest BCUT2D eigenvalue weighted by Gasteiger charge is 2.65. The number of nitrogens with two attached hydrogens (primary N) is 1. The average molecular weight is 378 g/mol. The van der Waals surface area contributed by atoms with Gasteiger partial charge >= 0.3 is 0 Å². The van der Waals surface area contributed by atoms with Crippen molar-refractivity contribution in [1.82, 2.24) is 4.57 Å². The van der Waals surface area contributed by atoms with Crippen LogP contribution in [0.4, 0.5) is 0 Å². The predicted molar refractivity (Wildman–Crippen MR) is 111 cm³/mol. The van der Waals surface area contributed by atoms with Crippen molar-refractivity contribution in [3.63, 3.8) is 0 Å². The Labute approximate surface area is 141 Å². The van der Waals surface area contributed by atoms with Crippen molar-refractivity contribution in [2.45, 2.75) is 71.8 Å². The topological polar surface area (TPSA) is 73.3 Å². The van der Waals surface area contributed by atoms with Crippen LogP contribution in [0.5, 0.6) is 0 Å². The lowest BCUT2D eigenvalue weighted by Gasteiger charge is -2.62. The molecule has 0 heterocycles. The zero-order valence-corrected chi connectivity index (χ0v) is 20.3. The molecular formula is C14H39N3OSi4. The van der Waals surface area contributed by atoms with E-state index in [9.17, 15) is 0 Å². The molecule has 4 N–H and O–H groups in total. The minimum atomic E-state index is -1.82. The Hall–Kier alpha value is 0.0975. The van der Waals surface area contributed by atoms with Gasteiger partial charge in [0.25, 0.3) is 0 Å². The molecule has 4 nitrogen and oxygen atoms in total. The molecule has 0 bridgehead atoms. The van der Waals surface area contributed by atoms with Crippen LogP contribution in [0.2, 0.25) is 58.9 Å². The van der Waals surface area contributed by atoms with Gasteiger partial charge in [0.05, 0.1) is 22.8 Å². The Balaban J connectivity index is 6.28. The van der Waals surface area contributed by atoms with Crippen LogP contribution in [0.15, 0.2) is 0 Å². The monoisotopic (exact) mass is 377 g/mol. The van der Waals surface area contributed by atoms with Gasteiger partial charge in [-0.3, -0.25) is 5.41 Å². The number of aliphatic hydroxyl groups excluding tert-OH is 1. The Bertz CT molecular complexity index is 347. The summed E-state index contributed by atoms with van der Waals surface area (Å²) in [5.74, 6) is 0.289. The zero-order valence-electron chi connectivity index (χ0n) is 16.3.